The van der Waals surface area contributed by atoms with Gasteiger partial charge in [0.2, 0.25) is 11.8 Å². The fraction of sp³-hybridized carbons (Fsp3) is 0.875. The van der Waals surface area contributed by atoms with Crippen LogP contribution in [-0.2, 0) is 14.3 Å². The number of piperidine rings is 1. The summed E-state index contributed by atoms with van der Waals surface area (Å²) in [5.41, 5.74) is 0.392. The SMILES string of the molecule is COCC(=O)N[C@H](C(=O)N1CCC2(CCNC2)CC1)C(C)C.Cl. The van der Waals surface area contributed by atoms with Gasteiger partial charge in [-0.3, -0.25) is 9.59 Å². The Morgan fingerprint density at radius 2 is 1.91 bits per heavy atom. The Balaban J connectivity index is 0.00000264. The molecule has 0 aromatic rings. The van der Waals surface area contributed by atoms with Crippen LogP contribution in [-0.4, -0.2) is 62.7 Å². The average Bonchev–Trinajstić information content (AvgIpc) is 2.93. The van der Waals surface area contributed by atoms with E-state index in [-0.39, 0.29) is 36.7 Å². The number of rotatable bonds is 5. The summed E-state index contributed by atoms with van der Waals surface area (Å²) in [6, 6.07) is -0.460. The molecule has 2 amide bonds. The highest BCUT2D eigenvalue weighted by Crippen LogP contribution is 2.37. The Hall–Kier alpha value is -0.850. The predicted octanol–water partition coefficient (Wildman–Crippen LogP) is 0.798. The maximum Gasteiger partial charge on any atom is 0.246 e. The number of nitrogens with one attached hydrogen (secondary N) is 2. The van der Waals surface area contributed by atoms with Crippen LogP contribution < -0.4 is 10.6 Å². The summed E-state index contributed by atoms with van der Waals surface area (Å²) >= 11 is 0. The van der Waals surface area contributed by atoms with Crippen molar-refractivity contribution >= 4 is 24.2 Å². The van der Waals surface area contributed by atoms with Crippen LogP contribution in [0.15, 0.2) is 0 Å². The number of methoxy groups -OCH3 is 1. The minimum Gasteiger partial charge on any atom is -0.375 e. The quantitative estimate of drug-likeness (QED) is 0.771. The summed E-state index contributed by atoms with van der Waals surface area (Å²) in [5, 5.41) is 6.24. The number of likely N-dealkylation sites (tertiary alicyclic amines) is 1. The van der Waals surface area contributed by atoms with Gasteiger partial charge in [0.05, 0.1) is 0 Å². The Labute approximate surface area is 145 Å². The highest BCUT2D eigenvalue weighted by atomic mass is 35.5. The van der Waals surface area contributed by atoms with Crippen molar-refractivity contribution < 1.29 is 14.3 Å². The van der Waals surface area contributed by atoms with Crippen molar-refractivity contribution in [1.29, 1.82) is 0 Å². The zero-order valence-corrected chi connectivity index (χ0v) is 15.2. The second kappa shape index (κ2) is 8.85. The number of hydrogen-bond donors (Lipinski definition) is 2. The van der Waals surface area contributed by atoms with E-state index in [0.29, 0.717) is 5.41 Å². The van der Waals surface area contributed by atoms with E-state index < -0.39 is 6.04 Å². The molecule has 2 rings (SSSR count). The normalized spacial score (nSPS) is 21.1. The summed E-state index contributed by atoms with van der Waals surface area (Å²) in [7, 11) is 1.48. The first-order chi connectivity index (χ1) is 10.5. The van der Waals surface area contributed by atoms with E-state index in [1.807, 2.05) is 18.7 Å². The molecule has 0 aliphatic carbocycles. The van der Waals surface area contributed by atoms with Gasteiger partial charge in [0.25, 0.3) is 0 Å². The van der Waals surface area contributed by atoms with E-state index in [1.54, 1.807) is 0 Å². The van der Waals surface area contributed by atoms with E-state index in [1.165, 1.54) is 13.5 Å². The van der Waals surface area contributed by atoms with Gasteiger partial charge in [0.15, 0.2) is 0 Å². The van der Waals surface area contributed by atoms with Crippen LogP contribution in [0.25, 0.3) is 0 Å². The Morgan fingerprint density at radius 3 is 2.39 bits per heavy atom. The van der Waals surface area contributed by atoms with E-state index in [4.69, 9.17) is 4.74 Å². The number of amides is 2. The first-order valence-corrected chi connectivity index (χ1v) is 8.25. The minimum absolute atomic E-state index is 0. The molecule has 2 aliphatic heterocycles. The zero-order chi connectivity index (χ0) is 16.2. The van der Waals surface area contributed by atoms with Crippen LogP contribution in [0.4, 0.5) is 0 Å². The van der Waals surface area contributed by atoms with Crippen LogP contribution >= 0.6 is 12.4 Å². The van der Waals surface area contributed by atoms with Gasteiger partial charge in [-0.05, 0) is 37.1 Å². The molecule has 0 aromatic carbocycles. The molecule has 0 radical (unpaired) electrons. The van der Waals surface area contributed by atoms with Crippen LogP contribution in [0, 0.1) is 11.3 Å². The lowest BCUT2D eigenvalue weighted by Crippen LogP contribution is -2.54. The highest BCUT2D eigenvalue weighted by molar-refractivity contribution is 5.88. The molecule has 2 N–H and O–H groups in total. The van der Waals surface area contributed by atoms with Crippen molar-refractivity contribution in [1.82, 2.24) is 15.5 Å². The Bertz CT molecular complexity index is 401. The molecule has 7 heteroatoms. The lowest BCUT2D eigenvalue weighted by Gasteiger charge is -2.40. The number of halogens is 1. The second-order valence-corrected chi connectivity index (χ2v) is 6.97. The van der Waals surface area contributed by atoms with Gasteiger partial charge < -0.3 is 20.3 Å². The molecular formula is C16H30ClN3O3. The highest BCUT2D eigenvalue weighted by Gasteiger charge is 2.39. The largest absolute Gasteiger partial charge is 0.375 e. The molecule has 23 heavy (non-hydrogen) atoms. The van der Waals surface area contributed by atoms with Crippen molar-refractivity contribution in [3.63, 3.8) is 0 Å². The third-order valence-corrected chi connectivity index (χ3v) is 4.99. The standard InChI is InChI=1S/C16H29N3O3.ClH/c1-12(2)14(18-13(20)10-22-3)15(21)19-8-5-16(6-9-19)4-7-17-11-16;/h12,14,17H,4-11H2,1-3H3,(H,18,20);1H/t14-;/m0./s1. The molecule has 6 nitrogen and oxygen atoms in total. The number of hydrogen-bond acceptors (Lipinski definition) is 4. The van der Waals surface area contributed by atoms with Crippen LogP contribution in [0.2, 0.25) is 0 Å². The van der Waals surface area contributed by atoms with Crippen molar-refractivity contribution in [2.24, 2.45) is 11.3 Å². The Kier molecular flexibility index (Phi) is 7.77. The number of carbonyl (C=O) groups is 2. The molecule has 2 fully saturated rings. The van der Waals surface area contributed by atoms with Gasteiger partial charge in [-0.1, -0.05) is 13.8 Å². The lowest BCUT2D eigenvalue weighted by atomic mass is 9.77. The molecular weight excluding hydrogens is 318 g/mol. The molecule has 1 spiro atoms. The summed E-state index contributed by atoms with van der Waals surface area (Å²) in [6.07, 6.45) is 3.33. The van der Waals surface area contributed by atoms with Crippen LogP contribution in [0.1, 0.15) is 33.1 Å². The van der Waals surface area contributed by atoms with Crippen molar-refractivity contribution in [2.45, 2.75) is 39.2 Å². The van der Waals surface area contributed by atoms with Gasteiger partial charge in [-0.2, -0.15) is 0 Å². The minimum atomic E-state index is -0.460. The number of ether oxygens (including phenoxy) is 1. The van der Waals surface area contributed by atoms with E-state index in [0.717, 1.165) is 39.0 Å². The van der Waals surface area contributed by atoms with Crippen molar-refractivity contribution in [2.75, 3.05) is 39.9 Å². The fourth-order valence-corrected chi connectivity index (χ4v) is 3.48. The number of nitrogens with zero attached hydrogens (tertiary/aromatic N) is 1. The lowest BCUT2D eigenvalue weighted by molar-refractivity contribution is -0.140. The number of carbonyl (C=O) groups excluding carboxylic acids is 2. The molecule has 1 atom stereocenters. The molecule has 2 aliphatic rings. The molecule has 0 unspecified atom stereocenters. The van der Waals surface area contributed by atoms with Crippen LogP contribution in [0.3, 0.4) is 0 Å². The van der Waals surface area contributed by atoms with Gasteiger partial charge in [-0.25, -0.2) is 0 Å². The van der Waals surface area contributed by atoms with Gasteiger partial charge in [0, 0.05) is 26.7 Å². The van der Waals surface area contributed by atoms with E-state index in [2.05, 4.69) is 10.6 Å². The Morgan fingerprint density at radius 1 is 1.26 bits per heavy atom. The van der Waals surface area contributed by atoms with E-state index in [9.17, 15) is 9.59 Å². The van der Waals surface area contributed by atoms with Gasteiger partial charge >= 0.3 is 0 Å². The van der Waals surface area contributed by atoms with Crippen molar-refractivity contribution in [3.05, 3.63) is 0 Å². The maximum absolute atomic E-state index is 12.7. The molecule has 0 bridgehead atoms. The third kappa shape index (κ3) is 5.06. The topological polar surface area (TPSA) is 70.7 Å². The first kappa shape index (κ1) is 20.2. The van der Waals surface area contributed by atoms with Crippen molar-refractivity contribution in [3.8, 4) is 0 Å². The average molecular weight is 348 g/mol. The molecule has 0 saturated carbocycles. The third-order valence-electron chi connectivity index (χ3n) is 4.99. The molecule has 0 aromatic heterocycles. The molecule has 134 valence electrons. The zero-order valence-electron chi connectivity index (χ0n) is 14.4. The predicted molar refractivity (Wildman–Crippen MR) is 91.6 cm³/mol. The van der Waals surface area contributed by atoms with E-state index >= 15 is 0 Å². The summed E-state index contributed by atoms with van der Waals surface area (Å²) in [5.74, 6) is -0.124. The van der Waals surface area contributed by atoms with Gasteiger partial charge in [-0.15, -0.1) is 12.4 Å². The first-order valence-electron chi connectivity index (χ1n) is 8.25. The maximum atomic E-state index is 12.7. The monoisotopic (exact) mass is 347 g/mol. The van der Waals surface area contributed by atoms with Crippen LogP contribution in [0.5, 0.6) is 0 Å². The molecule has 2 saturated heterocycles. The second-order valence-electron chi connectivity index (χ2n) is 6.97. The summed E-state index contributed by atoms with van der Waals surface area (Å²) < 4.78 is 4.83. The van der Waals surface area contributed by atoms with Gasteiger partial charge in [0.1, 0.15) is 12.6 Å². The fourth-order valence-electron chi connectivity index (χ4n) is 3.48. The summed E-state index contributed by atoms with van der Waals surface area (Å²) in [4.78, 5) is 26.4. The summed E-state index contributed by atoms with van der Waals surface area (Å²) in [6.45, 7) is 7.67. The molecule has 2 heterocycles. The smallest absolute Gasteiger partial charge is 0.246 e.